The number of H-pyrrole nitrogens is 1. The number of aromatic amines is 1. The summed E-state index contributed by atoms with van der Waals surface area (Å²) in [7, 11) is 0. The quantitative estimate of drug-likeness (QED) is 0.669. The zero-order valence-corrected chi connectivity index (χ0v) is 12.3. The molecule has 0 aliphatic carbocycles. The summed E-state index contributed by atoms with van der Waals surface area (Å²) in [6, 6.07) is 0.424. The number of nitrogens with zero attached hydrogens (tertiary/aromatic N) is 3. The number of aromatic nitrogens is 4. The molecule has 0 aliphatic rings. The highest BCUT2D eigenvalue weighted by molar-refractivity contribution is 5.68. The summed E-state index contributed by atoms with van der Waals surface area (Å²) >= 11 is 0. The summed E-state index contributed by atoms with van der Waals surface area (Å²) < 4.78 is 5.55. The van der Waals surface area contributed by atoms with Gasteiger partial charge in [0.05, 0.1) is 19.1 Å². The van der Waals surface area contributed by atoms with Crippen molar-refractivity contribution in [3.05, 3.63) is 12.5 Å². The van der Waals surface area contributed by atoms with Crippen LogP contribution in [0, 0.1) is 0 Å². The van der Waals surface area contributed by atoms with E-state index in [0.29, 0.717) is 18.3 Å². The molecule has 110 valence electrons. The smallest absolute Gasteiger partial charge is 0.318 e. The molecular weight excluding hydrogens is 252 g/mol. The van der Waals surface area contributed by atoms with Crippen LogP contribution in [0.3, 0.4) is 0 Å². The van der Waals surface area contributed by atoms with Gasteiger partial charge in [-0.3, -0.25) is 0 Å². The molecule has 0 bridgehead atoms. The first-order chi connectivity index (χ1) is 9.90. The van der Waals surface area contributed by atoms with Crippen LogP contribution < -0.4 is 4.74 Å². The molecule has 2 heterocycles. The second-order valence-corrected chi connectivity index (χ2v) is 5.12. The molecule has 0 saturated carbocycles. The zero-order valence-electron chi connectivity index (χ0n) is 12.3. The maximum absolute atomic E-state index is 5.55. The minimum absolute atomic E-state index is 0.424. The highest BCUT2D eigenvalue weighted by Gasteiger charge is 2.02. The Balaban J connectivity index is 1.54. The predicted molar refractivity (Wildman–Crippen MR) is 79.8 cm³/mol. The topological polar surface area (TPSA) is 63.7 Å². The molecule has 0 atom stereocenters. The van der Waals surface area contributed by atoms with Crippen molar-refractivity contribution in [1.29, 1.82) is 0 Å². The lowest BCUT2D eigenvalue weighted by Crippen LogP contribution is -2.01. The second kappa shape index (κ2) is 8.51. The van der Waals surface area contributed by atoms with Crippen molar-refractivity contribution in [2.75, 3.05) is 6.61 Å². The average molecular weight is 276 g/mol. The van der Waals surface area contributed by atoms with Gasteiger partial charge in [0.15, 0.2) is 5.65 Å². The fourth-order valence-electron chi connectivity index (χ4n) is 2.19. The molecule has 0 spiro atoms. The van der Waals surface area contributed by atoms with Gasteiger partial charge in [-0.05, 0) is 6.42 Å². The monoisotopic (exact) mass is 276 g/mol. The SMILES string of the molecule is CCCCCCCCCCOc1ncc2[nH]cnc2n1. The van der Waals surface area contributed by atoms with Crippen molar-refractivity contribution in [2.24, 2.45) is 0 Å². The number of hydrogen-bond donors (Lipinski definition) is 1. The van der Waals surface area contributed by atoms with Gasteiger partial charge in [-0.25, -0.2) is 9.97 Å². The predicted octanol–water partition coefficient (Wildman–Crippen LogP) is 3.87. The van der Waals surface area contributed by atoms with E-state index in [-0.39, 0.29) is 0 Å². The van der Waals surface area contributed by atoms with Gasteiger partial charge in [-0.2, -0.15) is 4.98 Å². The molecule has 0 saturated heterocycles. The first-order valence-corrected chi connectivity index (χ1v) is 7.69. The van der Waals surface area contributed by atoms with Crippen LogP contribution in [0.25, 0.3) is 11.2 Å². The number of imidazole rings is 1. The fourth-order valence-corrected chi connectivity index (χ4v) is 2.19. The number of hydrogen-bond acceptors (Lipinski definition) is 4. The standard InChI is InChI=1S/C15H24N4O/c1-2-3-4-5-6-7-8-9-10-20-15-16-11-13-14(19-15)18-12-17-13/h11-12H,2-10H2,1H3,(H,16,17,18,19). The van der Waals surface area contributed by atoms with Crippen molar-refractivity contribution in [3.8, 4) is 6.01 Å². The third kappa shape index (κ3) is 4.79. The van der Waals surface area contributed by atoms with E-state index in [4.69, 9.17) is 4.74 Å². The van der Waals surface area contributed by atoms with E-state index in [0.717, 1.165) is 11.9 Å². The van der Waals surface area contributed by atoms with E-state index in [1.807, 2.05) is 0 Å². The summed E-state index contributed by atoms with van der Waals surface area (Å²) in [6.07, 6.45) is 13.7. The molecule has 0 unspecified atom stereocenters. The van der Waals surface area contributed by atoms with Crippen molar-refractivity contribution in [3.63, 3.8) is 0 Å². The molecule has 5 nitrogen and oxygen atoms in total. The molecule has 0 fully saturated rings. The molecule has 0 aromatic carbocycles. The largest absolute Gasteiger partial charge is 0.463 e. The van der Waals surface area contributed by atoms with Crippen molar-refractivity contribution < 1.29 is 4.74 Å². The Bertz CT molecular complexity index is 497. The molecule has 0 aliphatic heterocycles. The highest BCUT2D eigenvalue weighted by atomic mass is 16.5. The number of fused-ring (bicyclic) bond motifs is 1. The first-order valence-electron chi connectivity index (χ1n) is 7.69. The van der Waals surface area contributed by atoms with Gasteiger partial charge in [0.25, 0.3) is 0 Å². The lowest BCUT2D eigenvalue weighted by molar-refractivity contribution is 0.282. The fraction of sp³-hybridized carbons (Fsp3) is 0.667. The van der Waals surface area contributed by atoms with Crippen LogP contribution in [-0.4, -0.2) is 26.5 Å². The number of ether oxygens (including phenoxy) is 1. The Kier molecular flexibility index (Phi) is 6.27. The van der Waals surface area contributed by atoms with E-state index in [1.54, 1.807) is 12.5 Å². The van der Waals surface area contributed by atoms with E-state index < -0.39 is 0 Å². The highest BCUT2D eigenvalue weighted by Crippen LogP contribution is 2.11. The lowest BCUT2D eigenvalue weighted by atomic mass is 10.1. The summed E-state index contributed by atoms with van der Waals surface area (Å²) in [4.78, 5) is 15.4. The maximum atomic E-state index is 5.55. The van der Waals surface area contributed by atoms with Gasteiger partial charge < -0.3 is 9.72 Å². The Morgan fingerprint density at radius 3 is 2.55 bits per heavy atom. The van der Waals surface area contributed by atoms with Crippen molar-refractivity contribution in [1.82, 2.24) is 19.9 Å². The van der Waals surface area contributed by atoms with Crippen LogP contribution in [0.5, 0.6) is 6.01 Å². The number of unbranched alkanes of at least 4 members (excludes halogenated alkanes) is 7. The third-order valence-corrected chi connectivity index (χ3v) is 3.38. The van der Waals surface area contributed by atoms with E-state index in [1.165, 1.54) is 44.9 Å². The molecule has 0 radical (unpaired) electrons. The van der Waals surface area contributed by atoms with Gasteiger partial charge in [-0.15, -0.1) is 0 Å². The minimum atomic E-state index is 0.424. The average Bonchev–Trinajstić information content (AvgIpc) is 2.93. The Morgan fingerprint density at radius 2 is 1.75 bits per heavy atom. The number of nitrogens with one attached hydrogen (secondary N) is 1. The molecular formula is C15H24N4O. The Hall–Kier alpha value is -1.65. The van der Waals surface area contributed by atoms with Crippen LogP contribution in [0.4, 0.5) is 0 Å². The molecule has 1 N–H and O–H groups in total. The summed E-state index contributed by atoms with van der Waals surface area (Å²) in [5, 5.41) is 0. The first kappa shape index (κ1) is 14.8. The van der Waals surface area contributed by atoms with Gasteiger partial charge in [-0.1, -0.05) is 51.9 Å². The van der Waals surface area contributed by atoms with Gasteiger partial charge >= 0.3 is 6.01 Å². The van der Waals surface area contributed by atoms with Gasteiger partial charge in [0.1, 0.15) is 5.52 Å². The van der Waals surface area contributed by atoms with Crippen LogP contribution >= 0.6 is 0 Å². The maximum Gasteiger partial charge on any atom is 0.318 e. The number of rotatable bonds is 10. The molecule has 5 heteroatoms. The summed E-state index contributed by atoms with van der Waals surface area (Å²) in [5.41, 5.74) is 1.50. The van der Waals surface area contributed by atoms with Crippen LogP contribution in [0.1, 0.15) is 58.3 Å². The second-order valence-electron chi connectivity index (χ2n) is 5.12. The molecule has 2 aromatic heterocycles. The summed E-state index contributed by atoms with van der Waals surface area (Å²) in [5.74, 6) is 0. The minimum Gasteiger partial charge on any atom is -0.463 e. The van der Waals surface area contributed by atoms with Gasteiger partial charge in [0, 0.05) is 0 Å². The summed E-state index contributed by atoms with van der Waals surface area (Å²) in [6.45, 7) is 2.94. The Morgan fingerprint density at radius 1 is 1.00 bits per heavy atom. The normalized spacial score (nSPS) is 11.1. The van der Waals surface area contributed by atoms with Crippen molar-refractivity contribution >= 4 is 11.2 Å². The van der Waals surface area contributed by atoms with E-state index in [2.05, 4.69) is 26.9 Å². The molecule has 20 heavy (non-hydrogen) atoms. The van der Waals surface area contributed by atoms with Crippen LogP contribution in [0.15, 0.2) is 12.5 Å². The van der Waals surface area contributed by atoms with Crippen molar-refractivity contribution in [2.45, 2.75) is 58.3 Å². The van der Waals surface area contributed by atoms with E-state index in [9.17, 15) is 0 Å². The van der Waals surface area contributed by atoms with Crippen LogP contribution in [0.2, 0.25) is 0 Å². The third-order valence-electron chi connectivity index (χ3n) is 3.38. The zero-order chi connectivity index (χ0) is 14.0. The Labute approximate surface area is 120 Å². The van der Waals surface area contributed by atoms with E-state index >= 15 is 0 Å². The molecule has 2 rings (SSSR count). The molecule has 2 aromatic rings. The van der Waals surface area contributed by atoms with Gasteiger partial charge in [0.2, 0.25) is 0 Å². The lowest BCUT2D eigenvalue weighted by Gasteiger charge is -2.04. The molecule has 0 amide bonds. The van der Waals surface area contributed by atoms with Crippen LogP contribution in [-0.2, 0) is 0 Å².